The maximum Gasteiger partial charge on any atom is 0.236 e. The lowest BCUT2D eigenvalue weighted by Gasteiger charge is -2.16. The molecule has 0 aromatic carbocycles. The summed E-state index contributed by atoms with van der Waals surface area (Å²) in [6.45, 7) is 5.84. The molecule has 1 rings (SSSR count). The Labute approximate surface area is 92.0 Å². The van der Waals surface area contributed by atoms with Crippen molar-refractivity contribution in [2.75, 3.05) is 26.7 Å². The van der Waals surface area contributed by atoms with Gasteiger partial charge in [0.1, 0.15) is 0 Å². The minimum atomic E-state index is 0.182. The molecule has 0 aliphatic heterocycles. The highest BCUT2D eigenvalue weighted by Gasteiger charge is 2.28. The van der Waals surface area contributed by atoms with Crippen molar-refractivity contribution in [2.24, 2.45) is 0 Å². The van der Waals surface area contributed by atoms with Gasteiger partial charge >= 0.3 is 0 Å². The predicted molar refractivity (Wildman–Crippen MR) is 59.7 cm³/mol. The quantitative estimate of drug-likeness (QED) is 0.632. The SMILES string of the molecule is CC(C)OCCNCC(=O)N(C)C1CC1. The molecule has 4 nitrogen and oxygen atoms in total. The fourth-order valence-corrected chi connectivity index (χ4v) is 1.35. The molecule has 0 atom stereocenters. The van der Waals surface area contributed by atoms with Crippen molar-refractivity contribution in [3.05, 3.63) is 0 Å². The van der Waals surface area contributed by atoms with Crippen LogP contribution in [0.25, 0.3) is 0 Å². The third kappa shape index (κ3) is 5.14. The maximum atomic E-state index is 11.5. The van der Waals surface area contributed by atoms with E-state index in [4.69, 9.17) is 4.74 Å². The van der Waals surface area contributed by atoms with E-state index in [0.29, 0.717) is 19.2 Å². The van der Waals surface area contributed by atoms with Gasteiger partial charge in [-0.1, -0.05) is 0 Å². The number of nitrogens with one attached hydrogen (secondary N) is 1. The van der Waals surface area contributed by atoms with E-state index in [1.165, 1.54) is 12.8 Å². The first-order chi connectivity index (χ1) is 7.11. The van der Waals surface area contributed by atoms with Gasteiger partial charge in [-0.05, 0) is 26.7 Å². The molecule has 1 aliphatic carbocycles. The van der Waals surface area contributed by atoms with Gasteiger partial charge in [-0.25, -0.2) is 0 Å². The second-order valence-corrected chi connectivity index (χ2v) is 4.33. The molecule has 1 N–H and O–H groups in total. The molecule has 1 fully saturated rings. The molecule has 0 aromatic heterocycles. The number of carbonyl (C=O) groups is 1. The minimum Gasteiger partial charge on any atom is -0.377 e. The number of ether oxygens (including phenoxy) is 1. The summed E-state index contributed by atoms with van der Waals surface area (Å²) in [4.78, 5) is 13.4. The summed E-state index contributed by atoms with van der Waals surface area (Å²) in [7, 11) is 1.88. The predicted octanol–water partition coefficient (Wildman–Crippen LogP) is 0.622. The molecule has 0 heterocycles. The average Bonchev–Trinajstić information content (AvgIpc) is 2.98. The van der Waals surface area contributed by atoms with E-state index in [-0.39, 0.29) is 12.0 Å². The Balaban J connectivity index is 1.96. The van der Waals surface area contributed by atoms with Crippen LogP contribution in [0.5, 0.6) is 0 Å². The molecule has 88 valence electrons. The average molecular weight is 214 g/mol. The zero-order valence-electron chi connectivity index (χ0n) is 9.95. The Bertz CT molecular complexity index is 203. The monoisotopic (exact) mass is 214 g/mol. The van der Waals surface area contributed by atoms with Crippen molar-refractivity contribution in [1.82, 2.24) is 10.2 Å². The van der Waals surface area contributed by atoms with E-state index in [1.54, 1.807) is 0 Å². The molecular formula is C11H22N2O2. The lowest BCUT2D eigenvalue weighted by molar-refractivity contribution is -0.129. The van der Waals surface area contributed by atoms with Gasteiger partial charge in [0.15, 0.2) is 0 Å². The first kappa shape index (κ1) is 12.5. The molecule has 0 unspecified atom stereocenters. The number of amides is 1. The fourth-order valence-electron chi connectivity index (χ4n) is 1.35. The summed E-state index contributed by atoms with van der Waals surface area (Å²) in [6, 6.07) is 0.506. The van der Waals surface area contributed by atoms with Crippen molar-refractivity contribution >= 4 is 5.91 Å². The first-order valence-corrected chi connectivity index (χ1v) is 5.69. The summed E-state index contributed by atoms with van der Waals surface area (Å²) in [5, 5.41) is 3.09. The largest absolute Gasteiger partial charge is 0.377 e. The van der Waals surface area contributed by atoms with Crippen LogP contribution in [0.2, 0.25) is 0 Å². The van der Waals surface area contributed by atoms with Gasteiger partial charge in [0, 0.05) is 19.6 Å². The molecule has 1 amide bonds. The van der Waals surface area contributed by atoms with E-state index < -0.39 is 0 Å². The van der Waals surface area contributed by atoms with Gasteiger partial charge in [0.2, 0.25) is 5.91 Å². The van der Waals surface area contributed by atoms with Crippen molar-refractivity contribution < 1.29 is 9.53 Å². The Morgan fingerprint density at radius 2 is 2.20 bits per heavy atom. The maximum absolute atomic E-state index is 11.5. The van der Waals surface area contributed by atoms with Crippen LogP contribution in [0.3, 0.4) is 0 Å². The smallest absolute Gasteiger partial charge is 0.236 e. The third-order valence-electron chi connectivity index (χ3n) is 2.49. The summed E-state index contributed by atoms with van der Waals surface area (Å²) in [5.41, 5.74) is 0. The second-order valence-electron chi connectivity index (χ2n) is 4.33. The molecule has 0 saturated heterocycles. The molecule has 0 spiro atoms. The molecular weight excluding hydrogens is 192 g/mol. The summed E-state index contributed by atoms with van der Waals surface area (Å²) >= 11 is 0. The number of hydrogen-bond donors (Lipinski definition) is 1. The molecule has 0 bridgehead atoms. The van der Waals surface area contributed by atoms with Gasteiger partial charge in [0.25, 0.3) is 0 Å². The van der Waals surface area contributed by atoms with E-state index in [9.17, 15) is 4.79 Å². The second kappa shape index (κ2) is 6.08. The van der Waals surface area contributed by atoms with Gasteiger partial charge in [-0.3, -0.25) is 4.79 Å². The Morgan fingerprint density at radius 3 is 2.73 bits per heavy atom. The lowest BCUT2D eigenvalue weighted by atomic mass is 10.4. The zero-order valence-corrected chi connectivity index (χ0v) is 9.95. The molecule has 4 heteroatoms. The van der Waals surface area contributed by atoms with E-state index in [2.05, 4.69) is 5.32 Å². The van der Waals surface area contributed by atoms with E-state index in [0.717, 1.165) is 6.54 Å². The Hall–Kier alpha value is -0.610. The highest BCUT2D eigenvalue weighted by molar-refractivity contribution is 5.78. The van der Waals surface area contributed by atoms with Crippen molar-refractivity contribution in [3.63, 3.8) is 0 Å². The highest BCUT2D eigenvalue weighted by atomic mass is 16.5. The minimum absolute atomic E-state index is 0.182. The summed E-state index contributed by atoms with van der Waals surface area (Å²) < 4.78 is 5.36. The van der Waals surface area contributed by atoms with E-state index in [1.807, 2.05) is 25.8 Å². The normalized spacial score (nSPS) is 15.7. The first-order valence-electron chi connectivity index (χ1n) is 5.69. The molecule has 0 radical (unpaired) electrons. The number of hydrogen-bond acceptors (Lipinski definition) is 3. The van der Waals surface area contributed by atoms with Crippen LogP contribution in [-0.2, 0) is 9.53 Å². The van der Waals surface area contributed by atoms with Gasteiger partial charge in [0.05, 0.1) is 19.3 Å². The van der Waals surface area contributed by atoms with Gasteiger partial charge in [-0.15, -0.1) is 0 Å². The highest BCUT2D eigenvalue weighted by Crippen LogP contribution is 2.24. The zero-order chi connectivity index (χ0) is 11.3. The van der Waals surface area contributed by atoms with Crippen molar-refractivity contribution in [1.29, 1.82) is 0 Å². The van der Waals surface area contributed by atoms with Crippen LogP contribution in [0.1, 0.15) is 26.7 Å². The van der Waals surface area contributed by atoms with E-state index >= 15 is 0 Å². The molecule has 1 aliphatic rings. The van der Waals surface area contributed by atoms with Crippen LogP contribution < -0.4 is 5.32 Å². The van der Waals surface area contributed by atoms with Crippen LogP contribution in [-0.4, -0.2) is 49.7 Å². The molecule has 15 heavy (non-hydrogen) atoms. The van der Waals surface area contributed by atoms with Crippen LogP contribution in [0.4, 0.5) is 0 Å². The number of carbonyl (C=O) groups excluding carboxylic acids is 1. The van der Waals surface area contributed by atoms with Gasteiger partial charge < -0.3 is 15.0 Å². The lowest BCUT2D eigenvalue weighted by Crippen LogP contribution is -2.38. The molecule has 1 saturated carbocycles. The summed E-state index contributed by atoms with van der Waals surface area (Å²) in [6.07, 6.45) is 2.59. The topological polar surface area (TPSA) is 41.6 Å². The standard InChI is InChI=1S/C11H22N2O2/c1-9(2)15-7-6-12-8-11(14)13(3)10-4-5-10/h9-10,12H,4-8H2,1-3H3. The number of nitrogens with zero attached hydrogens (tertiary/aromatic N) is 1. The fraction of sp³-hybridized carbons (Fsp3) is 0.909. The number of likely N-dealkylation sites (N-methyl/N-ethyl adjacent to an activating group) is 1. The van der Waals surface area contributed by atoms with Crippen molar-refractivity contribution in [3.8, 4) is 0 Å². The number of rotatable bonds is 7. The Morgan fingerprint density at radius 1 is 1.53 bits per heavy atom. The van der Waals surface area contributed by atoms with Crippen LogP contribution in [0.15, 0.2) is 0 Å². The van der Waals surface area contributed by atoms with Crippen molar-refractivity contribution in [2.45, 2.75) is 38.8 Å². The third-order valence-corrected chi connectivity index (χ3v) is 2.49. The van der Waals surface area contributed by atoms with Gasteiger partial charge in [-0.2, -0.15) is 0 Å². The van der Waals surface area contributed by atoms with Crippen LogP contribution in [0, 0.1) is 0 Å². The van der Waals surface area contributed by atoms with Crippen LogP contribution >= 0.6 is 0 Å². The Kier molecular flexibility index (Phi) is 5.05. The molecule has 0 aromatic rings. The summed E-state index contributed by atoms with van der Waals surface area (Å²) in [5.74, 6) is 0.182.